The quantitative estimate of drug-likeness (QED) is 0.597. The van der Waals surface area contributed by atoms with E-state index in [1.165, 1.54) is 7.11 Å². The van der Waals surface area contributed by atoms with Crippen molar-refractivity contribution in [3.8, 4) is 5.75 Å². The van der Waals surface area contributed by atoms with Crippen molar-refractivity contribution in [1.82, 2.24) is 4.98 Å². The molecule has 1 rings (SSSR count). The Kier molecular flexibility index (Phi) is 2.31. The number of ether oxygens (including phenoxy) is 1. The maximum atomic E-state index is 10.9. The average Bonchev–Trinajstić information content (AvgIpc) is 1.88. The van der Waals surface area contributed by atoms with E-state index < -0.39 is 0 Å². The molecule has 10 heavy (non-hydrogen) atoms. The summed E-state index contributed by atoms with van der Waals surface area (Å²) in [7, 11) is 1.47. The van der Waals surface area contributed by atoms with Gasteiger partial charge < -0.3 is 9.72 Å². The predicted octanol–water partition coefficient (Wildman–Crippen LogP) is 0.988. The first-order chi connectivity index (χ1) is 4.74. The van der Waals surface area contributed by atoms with Gasteiger partial charge in [-0.15, -0.1) is 0 Å². The fourth-order valence-corrected chi connectivity index (χ4v) is 1.02. The van der Waals surface area contributed by atoms with Crippen LogP contribution in [-0.2, 0) is 0 Å². The highest BCUT2D eigenvalue weighted by Crippen LogP contribution is 2.02. The minimum Gasteiger partial charge on any atom is -0.491 e. The topological polar surface area (TPSA) is 42.1 Å². The van der Waals surface area contributed by atoms with E-state index in [0.717, 1.165) is 3.70 Å². The molecule has 0 saturated carbocycles. The third-order valence-electron chi connectivity index (χ3n) is 1.06. The van der Waals surface area contributed by atoms with E-state index in [1.807, 2.05) is 22.6 Å². The van der Waals surface area contributed by atoms with Gasteiger partial charge in [-0.3, -0.25) is 4.79 Å². The second-order valence-corrected chi connectivity index (χ2v) is 2.87. The molecule has 0 aliphatic heterocycles. The molecule has 1 aromatic rings. The Morgan fingerprint density at radius 2 is 2.30 bits per heavy atom. The molecular formula is C6H6INO2. The van der Waals surface area contributed by atoms with Gasteiger partial charge in [0.2, 0.25) is 0 Å². The number of halogens is 1. The van der Waals surface area contributed by atoms with Gasteiger partial charge in [-0.05, 0) is 34.7 Å². The Morgan fingerprint density at radius 3 is 2.80 bits per heavy atom. The summed E-state index contributed by atoms with van der Waals surface area (Å²) < 4.78 is 5.56. The minimum atomic E-state index is -0.186. The molecule has 3 nitrogen and oxygen atoms in total. The second-order valence-electron chi connectivity index (χ2n) is 1.70. The Hall–Kier alpha value is -0.520. The van der Waals surface area contributed by atoms with Gasteiger partial charge in [0, 0.05) is 0 Å². The van der Waals surface area contributed by atoms with Crippen LogP contribution >= 0.6 is 22.6 Å². The first-order valence-electron chi connectivity index (χ1n) is 2.67. The maximum absolute atomic E-state index is 10.9. The molecule has 4 heteroatoms. The van der Waals surface area contributed by atoms with E-state index in [1.54, 1.807) is 12.1 Å². The standard InChI is InChI=1S/C6H6INO2/c1-10-4-2-3-5(7)8-6(4)9/h2-3H,1H3,(H,8,9). The van der Waals surface area contributed by atoms with Crippen molar-refractivity contribution in [2.75, 3.05) is 7.11 Å². The highest BCUT2D eigenvalue weighted by atomic mass is 127. The summed E-state index contributed by atoms with van der Waals surface area (Å²) in [6.07, 6.45) is 0. The molecule has 0 unspecified atom stereocenters. The Balaban J connectivity index is 3.20. The number of methoxy groups -OCH3 is 1. The predicted molar refractivity (Wildman–Crippen MR) is 46.3 cm³/mol. The van der Waals surface area contributed by atoms with Crippen molar-refractivity contribution in [3.63, 3.8) is 0 Å². The molecule has 54 valence electrons. The van der Waals surface area contributed by atoms with Gasteiger partial charge in [0.1, 0.15) is 0 Å². The van der Waals surface area contributed by atoms with Crippen LogP contribution < -0.4 is 10.3 Å². The van der Waals surface area contributed by atoms with Crippen LogP contribution in [0.2, 0.25) is 0 Å². The van der Waals surface area contributed by atoms with Gasteiger partial charge in [-0.25, -0.2) is 0 Å². The first-order valence-corrected chi connectivity index (χ1v) is 3.74. The number of rotatable bonds is 1. The van der Waals surface area contributed by atoms with Crippen molar-refractivity contribution in [2.45, 2.75) is 0 Å². The van der Waals surface area contributed by atoms with Crippen LogP contribution in [0.1, 0.15) is 0 Å². The molecule has 0 aliphatic rings. The average molecular weight is 251 g/mol. The van der Waals surface area contributed by atoms with Crippen LogP contribution in [0.3, 0.4) is 0 Å². The molecule has 0 radical (unpaired) electrons. The third-order valence-corrected chi connectivity index (χ3v) is 1.69. The maximum Gasteiger partial charge on any atom is 0.291 e. The van der Waals surface area contributed by atoms with Gasteiger partial charge in [-0.1, -0.05) is 0 Å². The van der Waals surface area contributed by atoms with Crippen LogP contribution in [0.5, 0.6) is 5.75 Å². The second kappa shape index (κ2) is 3.05. The molecule has 0 spiro atoms. The number of aromatic nitrogens is 1. The zero-order valence-corrected chi connectivity index (χ0v) is 7.51. The van der Waals surface area contributed by atoms with Crippen molar-refractivity contribution < 1.29 is 4.74 Å². The van der Waals surface area contributed by atoms with Crippen molar-refractivity contribution in [1.29, 1.82) is 0 Å². The van der Waals surface area contributed by atoms with E-state index in [4.69, 9.17) is 4.74 Å². The molecule has 0 bridgehead atoms. The summed E-state index contributed by atoms with van der Waals surface area (Å²) in [5.74, 6) is 0.348. The molecule has 1 aromatic heterocycles. The van der Waals surface area contributed by atoms with E-state index in [-0.39, 0.29) is 5.56 Å². The molecule has 0 aromatic carbocycles. The summed E-state index contributed by atoms with van der Waals surface area (Å²) in [4.78, 5) is 13.5. The Morgan fingerprint density at radius 1 is 1.60 bits per heavy atom. The Labute approximate surface area is 71.6 Å². The highest BCUT2D eigenvalue weighted by Gasteiger charge is 1.96. The number of hydrogen-bond donors (Lipinski definition) is 1. The lowest BCUT2D eigenvalue weighted by Gasteiger charge is -1.95. The summed E-state index contributed by atoms with van der Waals surface area (Å²) in [5.41, 5.74) is -0.186. The summed E-state index contributed by atoms with van der Waals surface area (Å²) in [5, 5.41) is 0. The molecule has 0 fully saturated rings. The molecule has 1 N–H and O–H groups in total. The van der Waals surface area contributed by atoms with Crippen LogP contribution in [0.25, 0.3) is 0 Å². The summed E-state index contributed by atoms with van der Waals surface area (Å²) >= 11 is 2.03. The Bertz CT molecular complexity index is 281. The largest absolute Gasteiger partial charge is 0.491 e. The zero-order chi connectivity index (χ0) is 7.56. The molecular weight excluding hydrogens is 245 g/mol. The van der Waals surface area contributed by atoms with Crippen molar-refractivity contribution in [2.24, 2.45) is 0 Å². The minimum absolute atomic E-state index is 0.186. The van der Waals surface area contributed by atoms with E-state index in [9.17, 15) is 4.79 Å². The van der Waals surface area contributed by atoms with E-state index in [2.05, 4.69) is 4.98 Å². The lowest BCUT2D eigenvalue weighted by atomic mass is 10.5. The third kappa shape index (κ3) is 1.50. The lowest BCUT2D eigenvalue weighted by molar-refractivity contribution is 0.408. The van der Waals surface area contributed by atoms with Gasteiger partial charge >= 0.3 is 0 Å². The summed E-state index contributed by atoms with van der Waals surface area (Å²) in [6, 6.07) is 3.42. The molecule has 0 saturated heterocycles. The molecule has 0 amide bonds. The summed E-state index contributed by atoms with van der Waals surface area (Å²) in [6.45, 7) is 0. The number of hydrogen-bond acceptors (Lipinski definition) is 2. The SMILES string of the molecule is COc1ccc(I)[nH]c1=O. The van der Waals surface area contributed by atoms with Crippen molar-refractivity contribution in [3.05, 3.63) is 26.2 Å². The van der Waals surface area contributed by atoms with Crippen LogP contribution in [0.15, 0.2) is 16.9 Å². The number of pyridine rings is 1. The number of aromatic amines is 1. The zero-order valence-electron chi connectivity index (χ0n) is 5.35. The van der Waals surface area contributed by atoms with Crippen LogP contribution in [0.4, 0.5) is 0 Å². The first kappa shape index (κ1) is 7.59. The monoisotopic (exact) mass is 251 g/mol. The molecule has 0 atom stereocenters. The normalized spacial score (nSPS) is 9.40. The fraction of sp³-hybridized carbons (Fsp3) is 0.167. The smallest absolute Gasteiger partial charge is 0.291 e. The fourth-order valence-electron chi connectivity index (χ4n) is 0.597. The molecule has 1 heterocycles. The molecule has 0 aliphatic carbocycles. The van der Waals surface area contributed by atoms with Gasteiger partial charge in [-0.2, -0.15) is 0 Å². The van der Waals surface area contributed by atoms with Crippen LogP contribution in [-0.4, -0.2) is 12.1 Å². The number of nitrogens with one attached hydrogen (secondary N) is 1. The van der Waals surface area contributed by atoms with Crippen molar-refractivity contribution >= 4 is 22.6 Å². The van der Waals surface area contributed by atoms with Gasteiger partial charge in [0.25, 0.3) is 5.56 Å². The van der Waals surface area contributed by atoms with Gasteiger partial charge in [0.15, 0.2) is 5.75 Å². The highest BCUT2D eigenvalue weighted by molar-refractivity contribution is 14.1. The van der Waals surface area contributed by atoms with Gasteiger partial charge in [0.05, 0.1) is 10.8 Å². The number of H-pyrrole nitrogens is 1. The van der Waals surface area contributed by atoms with E-state index >= 15 is 0 Å². The van der Waals surface area contributed by atoms with E-state index in [0.29, 0.717) is 5.75 Å². The lowest BCUT2D eigenvalue weighted by Crippen LogP contribution is -2.09. The van der Waals surface area contributed by atoms with Crippen LogP contribution in [0, 0.1) is 3.70 Å².